The van der Waals surface area contributed by atoms with Gasteiger partial charge in [-0.3, -0.25) is 0 Å². The molecular weight excluding hydrogens is 232 g/mol. The first-order chi connectivity index (χ1) is 7.86. The number of halogens is 1. The first-order valence-corrected chi connectivity index (χ1v) is 7.27. The summed E-state index contributed by atoms with van der Waals surface area (Å²) in [6.45, 7) is 3.80. The lowest BCUT2D eigenvalue weighted by Gasteiger charge is -2.32. The molecule has 0 aromatic heterocycles. The number of hydrogen-bond donors (Lipinski definition) is 1. The highest BCUT2D eigenvalue weighted by Gasteiger charge is 2.21. The third kappa shape index (κ3) is 5.15. The maximum absolute atomic E-state index is 3.53. The van der Waals surface area contributed by atoms with Gasteiger partial charge in [-0.15, -0.1) is 12.4 Å². The molecule has 1 heterocycles. The van der Waals surface area contributed by atoms with E-state index in [-0.39, 0.29) is 12.4 Å². The molecule has 2 fully saturated rings. The van der Waals surface area contributed by atoms with Crippen LogP contribution in [0, 0.1) is 5.92 Å². The van der Waals surface area contributed by atoms with Crippen LogP contribution in [0.2, 0.25) is 0 Å². The lowest BCUT2D eigenvalue weighted by molar-refractivity contribution is 0.174. The average molecular weight is 261 g/mol. The monoisotopic (exact) mass is 260 g/mol. The summed E-state index contributed by atoms with van der Waals surface area (Å²) in [7, 11) is 2.35. The zero-order chi connectivity index (χ0) is 11.2. The molecule has 1 aliphatic carbocycles. The van der Waals surface area contributed by atoms with Crippen LogP contribution in [0.1, 0.15) is 51.4 Å². The zero-order valence-electron chi connectivity index (χ0n) is 11.3. The Morgan fingerprint density at radius 2 is 1.71 bits per heavy atom. The Balaban J connectivity index is 0.00000144. The van der Waals surface area contributed by atoms with Crippen LogP contribution >= 0.6 is 12.4 Å². The molecule has 17 heavy (non-hydrogen) atoms. The Labute approximate surface area is 113 Å². The minimum Gasteiger partial charge on any atom is -0.316 e. The van der Waals surface area contributed by atoms with Crippen molar-refractivity contribution in [2.45, 2.75) is 57.4 Å². The zero-order valence-corrected chi connectivity index (χ0v) is 12.1. The standard InChI is InChI=1S/C14H28N2.ClH/c1-16(12-13-7-6-10-15-11-13)14-8-4-2-3-5-9-14;/h13-15H,2-12H2,1H3;1H. The van der Waals surface area contributed by atoms with Gasteiger partial charge in [-0.2, -0.15) is 0 Å². The predicted octanol–water partition coefficient (Wildman–Crippen LogP) is 3.06. The van der Waals surface area contributed by atoms with Crippen molar-refractivity contribution in [2.75, 3.05) is 26.7 Å². The van der Waals surface area contributed by atoms with E-state index < -0.39 is 0 Å². The number of nitrogens with zero attached hydrogens (tertiary/aromatic N) is 1. The van der Waals surface area contributed by atoms with Gasteiger partial charge in [-0.05, 0) is 51.7 Å². The first-order valence-electron chi connectivity index (χ1n) is 7.27. The van der Waals surface area contributed by atoms with Crippen molar-refractivity contribution in [1.29, 1.82) is 0 Å². The molecule has 1 saturated carbocycles. The van der Waals surface area contributed by atoms with E-state index in [0.29, 0.717) is 0 Å². The van der Waals surface area contributed by atoms with Gasteiger partial charge in [0.1, 0.15) is 0 Å². The van der Waals surface area contributed by atoms with E-state index in [2.05, 4.69) is 17.3 Å². The SMILES string of the molecule is CN(CC1CCCNC1)C1CCCCCC1.Cl. The van der Waals surface area contributed by atoms with Crippen LogP contribution in [-0.2, 0) is 0 Å². The van der Waals surface area contributed by atoms with Crippen molar-refractivity contribution >= 4 is 12.4 Å². The number of nitrogens with one attached hydrogen (secondary N) is 1. The molecule has 0 aromatic rings. The van der Waals surface area contributed by atoms with Gasteiger partial charge in [0.15, 0.2) is 0 Å². The van der Waals surface area contributed by atoms with Gasteiger partial charge in [0.2, 0.25) is 0 Å². The lowest BCUT2D eigenvalue weighted by atomic mass is 9.97. The second-order valence-corrected chi connectivity index (χ2v) is 5.80. The summed E-state index contributed by atoms with van der Waals surface area (Å²) in [6.07, 6.45) is 11.5. The van der Waals surface area contributed by atoms with Crippen LogP contribution < -0.4 is 5.32 Å². The molecule has 0 spiro atoms. The smallest absolute Gasteiger partial charge is 0.00923 e. The van der Waals surface area contributed by atoms with Crippen LogP contribution in [-0.4, -0.2) is 37.6 Å². The fourth-order valence-electron chi connectivity index (χ4n) is 3.33. The Kier molecular flexibility index (Phi) is 7.49. The summed E-state index contributed by atoms with van der Waals surface area (Å²) in [4.78, 5) is 2.66. The number of rotatable bonds is 3. The molecular formula is C14H29ClN2. The van der Waals surface area contributed by atoms with Gasteiger partial charge in [0.05, 0.1) is 0 Å². The molecule has 2 rings (SSSR count). The van der Waals surface area contributed by atoms with E-state index in [1.807, 2.05) is 0 Å². The quantitative estimate of drug-likeness (QED) is 0.785. The largest absolute Gasteiger partial charge is 0.316 e. The van der Waals surface area contributed by atoms with Gasteiger partial charge < -0.3 is 10.2 Å². The number of piperidine rings is 1. The van der Waals surface area contributed by atoms with Gasteiger partial charge in [0, 0.05) is 12.6 Å². The molecule has 0 amide bonds. The average Bonchev–Trinajstić information content (AvgIpc) is 2.59. The van der Waals surface area contributed by atoms with Crippen molar-refractivity contribution in [3.05, 3.63) is 0 Å². The highest BCUT2D eigenvalue weighted by molar-refractivity contribution is 5.85. The summed E-state index contributed by atoms with van der Waals surface area (Å²) in [5.41, 5.74) is 0. The van der Waals surface area contributed by atoms with Gasteiger partial charge >= 0.3 is 0 Å². The highest BCUT2D eigenvalue weighted by Crippen LogP contribution is 2.22. The topological polar surface area (TPSA) is 15.3 Å². The van der Waals surface area contributed by atoms with E-state index in [9.17, 15) is 0 Å². The maximum Gasteiger partial charge on any atom is 0.00923 e. The Bertz CT molecular complexity index is 185. The molecule has 3 heteroatoms. The summed E-state index contributed by atoms with van der Waals surface area (Å²) >= 11 is 0. The van der Waals surface area contributed by atoms with E-state index in [4.69, 9.17) is 0 Å². The Hall–Kier alpha value is 0.210. The van der Waals surface area contributed by atoms with Gasteiger partial charge in [0.25, 0.3) is 0 Å². The maximum atomic E-state index is 3.53. The third-order valence-corrected chi connectivity index (χ3v) is 4.39. The van der Waals surface area contributed by atoms with E-state index >= 15 is 0 Å². The fraction of sp³-hybridized carbons (Fsp3) is 1.00. The summed E-state index contributed by atoms with van der Waals surface area (Å²) in [5.74, 6) is 0.905. The molecule has 0 aromatic carbocycles. The Morgan fingerprint density at radius 3 is 2.29 bits per heavy atom. The molecule has 1 saturated heterocycles. The highest BCUT2D eigenvalue weighted by atomic mass is 35.5. The Morgan fingerprint density at radius 1 is 1.00 bits per heavy atom. The molecule has 1 N–H and O–H groups in total. The van der Waals surface area contributed by atoms with E-state index in [1.54, 1.807) is 0 Å². The summed E-state index contributed by atoms with van der Waals surface area (Å²) < 4.78 is 0. The predicted molar refractivity (Wildman–Crippen MR) is 77.0 cm³/mol. The molecule has 1 unspecified atom stereocenters. The normalized spacial score (nSPS) is 27.5. The molecule has 2 nitrogen and oxygen atoms in total. The molecule has 1 atom stereocenters. The molecule has 2 aliphatic rings. The van der Waals surface area contributed by atoms with Crippen LogP contribution in [0.15, 0.2) is 0 Å². The summed E-state index contributed by atoms with van der Waals surface area (Å²) in [5, 5.41) is 3.53. The van der Waals surface area contributed by atoms with Gasteiger partial charge in [-0.1, -0.05) is 25.7 Å². The van der Waals surface area contributed by atoms with Gasteiger partial charge in [-0.25, -0.2) is 0 Å². The van der Waals surface area contributed by atoms with Crippen molar-refractivity contribution in [1.82, 2.24) is 10.2 Å². The second kappa shape index (κ2) is 8.34. The van der Waals surface area contributed by atoms with Crippen LogP contribution in [0.5, 0.6) is 0 Å². The van der Waals surface area contributed by atoms with E-state index in [0.717, 1.165) is 12.0 Å². The lowest BCUT2D eigenvalue weighted by Crippen LogP contribution is -2.40. The molecule has 1 aliphatic heterocycles. The van der Waals surface area contributed by atoms with Crippen molar-refractivity contribution < 1.29 is 0 Å². The number of hydrogen-bond acceptors (Lipinski definition) is 2. The molecule has 0 radical (unpaired) electrons. The third-order valence-electron chi connectivity index (χ3n) is 4.39. The summed E-state index contributed by atoms with van der Waals surface area (Å²) in [6, 6.07) is 0.879. The molecule has 102 valence electrons. The van der Waals surface area contributed by atoms with Crippen LogP contribution in [0.3, 0.4) is 0 Å². The van der Waals surface area contributed by atoms with Crippen molar-refractivity contribution in [3.63, 3.8) is 0 Å². The van der Waals surface area contributed by atoms with Crippen molar-refractivity contribution in [3.8, 4) is 0 Å². The molecule has 0 bridgehead atoms. The first kappa shape index (κ1) is 15.3. The van der Waals surface area contributed by atoms with Crippen molar-refractivity contribution in [2.24, 2.45) is 5.92 Å². The van der Waals surface area contributed by atoms with Crippen LogP contribution in [0.25, 0.3) is 0 Å². The minimum absolute atomic E-state index is 0. The van der Waals surface area contributed by atoms with E-state index in [1.165, 1.54) is 71.0 Å². The van der Waals surface area contributed by atoms with Crippen LogP contribution in [0.4, 0.5) is 0 Å². The minimum atomic E-state index is 0. The fourth-order valence-corrected chi connectivity index (χ4v) is 3.33. The second-order valence-electron chi connectivity index (χ2n) is 5.80.